The predicted octanol–water partition coefficient (Wildman–Crippen LogP) is 4.80. The summed E-state index contributed by atoms with van der Waals surface area (Å²) in [6.45, 7) is 2.97. The summed E-state index contributed by atoms with van der Waals surface area (Å²) in [5.41, 5.74) is 1.24. The number of carbonyl (C=O) groups excluding carboxylic acids is 2. The number of benzene rings is 3. The van der Waals surface area contributed by atoms with Crippen LogP contribution in [-0.4, -0.2) is 50.0 Å². The largest absolute Gasteiger partial charge is 0.352 e. The van der Waals surface area contributed by atoms with E-state index >= 15 is 0 Å². The summed E-state index contributed by atoms with van der Waals surface area (Å²) in [4.78, 5) is 28.8. The van der Waals surface area contributed by atoms with Gasteiger partial charge in [-0.1, -0.05) is 67.1 Å². The molecule has 39 heavy (non-hydrogen) atoms. The molecule has 0 spiro atoms. The standard InChI is InChI=1S/C29H33ClFN3O4S/c1-4-21(2)32-29(36)27(18-22-10-6-5-7-11-22)33(19-23-12-8-9-13-26(23)31)28(35)20-34(39(3,37)38)25-16-14-24(30)15-17-25/h5-17,21,27H,4,18-20H2,1-3H3,(H,32,36). The molecule has 0 saturated heterocycles. The van der Waals surface area contributed by atoms with Gasteiger partial charge in [0.15, 0.2) is 0 Å². The van der Waals surface area contributed by atoms with Crippen molar-refractivity contribution in [3.8, 4) is 0 Å². The summed E-state index contributed by atoms with van der Waals surface area (Å²) >= 11 is 5.98. The summed E-state index contributed by atoms with van der Waals surface area (Å²) in [6, 6.07) is 20.0. The van der Waals surface area contributed by atoms with Crippen molar-refractivity contribution in [1.82, 2.24) is 10.2 Å². The quantitative estimate of drug-likeness (QED) is 0.337. The van der Waals surface area contributed by atoms with Crippen LogP contribution in [-0.2, 0) is 32.6 Å². The molecule has 208 valence electrons. The van der Waals surface area contributed by atoms with Gasteiger partial charge in [0, 0.05) is 29.6 Å². The number of halogens is 2. The molecular formula is C29H33ClFN3O4S. The van der Waals surface area contributed by atoms with Gasteiger partial charge in [0.05, 0.1) is 11.9 Å². The number of hydrogen-bond donors (Lipinski definition) is 1. The van der Waals surface area contributed by atoms with E-state index < -0.39 is 40.2 Å². The van der Waals surface area contributed by atoms with Crippen molar-refractivity contribution >= 4 is 39.1 Å². The van der Waals surface area contributed by atoms with Crippen molar-refractivity contribution in [2.75, 3.05) is 17.1 Å². The van der Waals surface area contributed by atoms with Crippen LogP contribution in [0.5, 0.6) is 0 Å². The van der Waals surface area contributed by atoms with Crippen LogP contribution in [0.25, 0.3) is 0 Å². The van der Waals surface area contributed by atoms with E-state index in [0.29, 0.717) is 11.4 Å². The zero-order chi connectivity index (χ0) is 28.6. The molecule has 0 bridgehead atoms. The maximum absolute atomic E-state index is 14.8. The van der Waals surface area contributed by atoms with E-state index in [1.165, 1.54) is 47.4 Å². The maximum Gasteiger partial charge on any atom is 0.244 e. The molecule has 0 aliphatic carbocycles. The molecule has 0 aliphatic heterocycles. The Morgan fingerprint density at radius 3 is 2.18 bits per heavy atom. The first kappa shape index (κ1) is 30.1. The van der Waals surface area contributed by atoms with Gasteiger partial charge in [-0.15, -0.1) is 0 Å². The summed E-state index contributed by atoms with van der Waals surface area (Å²) in [5.74, 6) is -1.59. The van der Waals surface area contributed by atoms with Crippen molar-refractivity contribution < 1.29 is 22.4 Å². The van der Waals surface area contributed by atoms with Crippen molar-refractivity contribution in [3.05, 3.63) is 101 Å². The molecule has 0 radical (unpaired) electrons. The summed E-state index contributed by atoms with van der Waals surface area (Å²) in [5, 5.41) is 3.34. The lowest BCUT2D eigenvalue weighted by atomic mass is 10.0. The third-order valence-electron chi connectivity index (χ3n) is 6.36. The van der Waals surface area contributed by atoms with Gasteiger partial charge in [0.1, 0.15) is 18.4 Å². The summed E-state index contributed by atoms with van der Waals surface area (Å²) in [7, 11) is -3.90. The predicted molar refractivity (Wildman–Crippen MR) is 152 cm³/mol. The number of sulfonamides is 1. The minimum Gasteiger partial charge on any atom is -0.352 e. The molecule has 2 unspecified atom stereocenters. The van der Waals surface area contributed by atoms with Crippen LogP contribution in [0.4, 0.5) is 10.1 Å². The number of amides is 2. The van der Waals surface area contributed by atoms with Crippen LogP contribution in [0.3, 0.4) is 0 Å². The van der Waals surface area contributed by atoms with Crippen LogP contribution < -0.4 is 9.62 Å². The SMILES string of the molecule is CCC(C)NC(=O)C(Cc1ccccc1)N(Cc1ccccc1F)C(=O)CN(c1ccc(Cl)cc1)S(C)(=O)=O. The topological polar surface area (TPSA) is 86.8 Å². The van der Waals surface area contributed by atoms with Gasteiger partial charge in [0.2, 0.25) is 21.8 Å². The Morgan fingerprint density at radius 1 is 0.974 bits per heavy atom. The lowest BCUT2D eigenvalue weighted by Gasteiger charge is -2.34. The molecule has 0 fully saturated rings. The Hall–Kier alpha value is -3.43. The van der Waals surface area contributed by atoms with Gasteiger partial charge in [-0.25, -0.2) is 12.8 Å². The van der Waals surface area contributed by atoms with Crippen LogP contribution in [0, 0.1) is 5.82 Å². The molecule has 2 amide bonds. The molecule has 0 heterocycles. The minimum atomic E-state index is -3.90. The molecule has 10 heteroatoms. The van der Waals surface area contributed by atoms with E-state index in [0.717, 1.165) is 16.1 Å². The highest BCUT2D eigenvalue weighted by molar-refractivity contribution is 7.92. The molecule has 3 aromatic carbocycles. The van der Waals surface area contributed by atoms with Crippen LogP contribution in [0.15, 0.2) is 78.9 Å². The van der Waals surface area contributed by atoms with Gasteiger partial charge >= 0.3 is 0 Å². The van der Waals surface area contributed by atoms with E-state index in [1.54, 1.807) is 6.07 Å². The summed E-state index contributed by atoms with van der Waals surface area (Å²) in [6.07, 6.45) is 1.82. The third-order valence-corrected chi connectivity index (χ3v) is 7.76. The highest BCUT2D eigenvalue weighted by Gasteiger charge is 2.33. The van der Waals surface area contributed by atoms with Crippen LogP contribution in [0.1, 0.15) is 31.4 Å². The molecule has 0 aromatic heterocycles. The number of nitrogens with one attached hydrogen (secondary N) is 1. The minimum absolute atomic E-state index is 0.156. The number of carbonyl (C=O) groups is 2. The zero-order valence-corrected chi connectivity index (χ0v) is 23.8. The molecular weight excluding hydrogens is 541 g/mol. The van der Waals surface area contributed by atoms with Crippen LogP contribution in [0.2, 0.25) is 5.02 Å². The normalized spacial score (nSPS) is 12.8. The first-order valence-electron chi connectivity index (χ1n) is 12.6. The molecule has 7 nitrogen and oxygen atoms in total. The van der Waals surface area contributed by atoms with E-state index in [4.69, 9.17) is 11.6 Å². The van der Waals surface area contributed by atoms with E-state index in [1.807, 2.05) is 44.2 Å². The average Bonchev–Trinajstić information content (AvgIpc) is 2.90. The molecule has 3 rings (SSSR count). The smallest absolute Gasteiger partial charge is 0.244 e. The van der Waals surface area contributed by atoms with E-state index in [-0.39, 0.29) is 30.3 Å². The Balaban J connectivity index is 2.06. The summed E-state index contributed by atoms with van der Waals surface area (Å²) < 4.78 is 41.2. The Bertz CT molecular complexity index is 1370. The van der Waals surface area contributed by atoms with Gasteiger partial charge in [-0.05, 0) is 49.2 Å². The van der Waals surface area contributed by atoms with Gasteiger partial charge < -0.3 is 10.2 Å². The fourth-order valence-corrected chi connectivity index (χ4v) is 5.00. The molecule has 3 aromatic rings. The second-order valence-corrected chi connectivity index (χ2v) is 11.7. The second-order valence-electron chi connectivity index (χ2n) is 9.38. The lowest BCUT2D eigenvalue weighted by Crippen LogP contribution is -2.54. The molecule has 2 atom stereocenters. The maximum atomic E-state index is 14.8. The highest BCUT2D eigenvalue weighted by atomic mass is 35.5. The van der Waals surface area contributed by atoms with E-state index in [2.05, 4.69) is 5.32 Å². The van der Waals surface area contributed by atoms with Gasteiger partial charge in [0.25, 0.3) is 0 Å². The highest BCUT2D eigenvalue weighted by Crippen LogP contribution is 2.22. The fraction of sp³-hybridized carbons (Fsp3) is 0.310. The Morgan fingerprint density at radius 2 is 1.59 bits per heavy atom. The zero-order valence-electron chi connectivity index (χ0n) is 22.2. The average molecular weight is 574 g/mol. The number of rotatable bonds is 12. The van der Waals surface area contributed by atoms with Gasteiger partial charge in [-0.2, -0.15) is 0 Å². The van der Waals surface area contributed by atoms with Crippen molar-refractivity contribution in [3.63, 3.8) is 0 Å². The number of anilines is 1. The first-order valence-corrected chi connectivity index (χ1v) is 14.8. The monoisotopic (exact) mass is 573 g/mol. The molecule has 0 saturated carbocycles. The van der Waals surface area contributed by atoms with Crippen molar-refractivity contribution in [2.45, 2.75) is 45.3 Å². The number of hydrogen-bond acceptors (Lipinski definition) is 4. The lowest BCUT2D eigenvalue weighted by molar-refractivity contribution is -0.140. The van der Waals surface area contributed by atoms with Crippen molar-refractivity contribution in [2.24, 2.45) is 0 Å². The molecule has 0 aliphatic rings. The number of nitrogens with zero attached hydrogens (tertiary/aromatic N) is 2. The Kier molecular flexibility index (Phi) is 10.5. The molecule has 1 N–H and O–H groups in total. The van der Waals surface area contributed by atoms with Crippen LogP contribution >= 0.6 is 11.6 Å². The first-order chi connectivity index (χ1) is 18.5. The third kappa shape index (κ3) is 8.53. The van der Waals surface area contributed by atoms with Gasteiger partial charge in [-0.3, -0.25) is 13.9 Å². The van der Waals surface area contributed by atoms with E-state index in [9.17, 15) is 22.4 Å². The fourth-order valence-electron chi connectivity index (χ4n) is 4.03. The van der Waals surface area contributed by atoms with Crippen molar-refractivity contribution in [1.29, 1.82) is 0 Å². The second kappa shape index (κ2) is 13.6. The Labute approximate surface area is 234 Å².